The summed E-state index contributed by atoms with van der Waals surface area (Å²) in [5.41, 5.74) is 4.37. The van der Waals surface area contributed by atoms with Crippen molar-refractivity contribution >= 4 is 11.8 Å². The standard InChI is InChI=1S/C23H26N2O6/c1-6-9-30-23(26)24-18-11-15(7-8-19(18)27-3)17-13-31-25-21(17)16-10-14(2)22(29-5)20(12-16)28-4/h7-8,10-13H,6,9H2,1-5H3,(H,24,26). The summed E-state index contributed by atoms with van der Waals surface area (Å²) in [6, 6.07) is 9.22. The Kier molecular flexibility index (Phi) is 7.02. The molecule has 0 saturated carbocycles. The molecule has 3 aromatic rings. The van der Waals surface area contributed by atoms with E-state index in [4.69, 9.17) is 23.5 Å². The zero-order valence-corrected chi connectivity index (χ0v) is 18.3. The molecule has 0 saturated heterocycles. The fourth-order valence-electron chi connectivity index (χ4n) is 3.26. The monoisotopic (exact) mass is 426 g/mol. The van der Waals surface area contributed by atoms with E-state index < -0.39 is 6.09 Å². The lowest BCUT2D eigenvalue weighted by Crippen LogP contribution is -2.14. The van der Waals surface area contributed by atoms with Crippen LogP contribution in [0.4, 0.5) is 10.5 Å². The van der Waals surface area contributed by atoms with E-state index in [1.54, 1.807) is 32.6 Å². The highest BCUT2D eigenvalue weighted by Gasteiger charge is 2.18. The van der Waals surface area contributed by atoms with Gasteiger partial charge in [-0.1, -0.05) is 18.1 Å². The van der Waals surface area contributed by atoms with Gasteiger partial charge in [-0.05, 0) is 48.7 Å². The number of anilines is 1. The Morgan fingerprint density at radius 1 is 1.03 bits per heavy atom. The highest BCUT2D eigenvalue weighted by molar-refractivity contribution is 5.90. The maximum Gasteiger partial charge on any atom is 0.411 e. The molecule has 31 heavy (non-hydrogen) atoms. The summed E-state index contributed by atoms with van der Waals surface area (Å²) in [6.07, 6.45) is 1.75. The molecule has 8 heteroatoms. The van der Waals surface area contributed by atoms with E-state index in [0.29, 0.717) is 35.2 Å². The third-order valence-corrected chi connectivity index (χ3v) is 4.69. The van der Waals surface area contributed by atoms with Gasteiger partial charge in [-0.15, -0.1) is 0 Å². The maximum absolute atomic E-state index is 12.0. The number of hydrogen-bond donors (Lipinski definition) is 1. The van der Waals surface area contributed by atoms with Crippen molar-refractivity contribution in [1.82, 2.24) is 5.16 Å². The van der Waals surface area contributed by atoms with Gasteiger partial charge in [0, 0.05) is 11.1 Å². The van der Waals surface area contributed by atoms with Crippen molar-refractivity contribution in [3.63, 3.8) is 0 Å². The highest BCUT2D eigenvalue weighted by atomic mass is 16.5. The zero-order valence-electron chi connectivity index (χ0n) is 18.3. The number of methoxy groups -OCH3 is 3. The molecular weight excluding hydrogens is 400 g/mol. The van der Waals surface area contributed by atoms with Crippen molar-refractivity contribution < 1.29 is 28.3 Å². The summed E-state index contributed by atoms with van der Waals surface area (Å²) in [4.78, 5) is 12.0. The Bertz CT molecular complexity index is 1060. The number of hydrogen-bond acceptors (Lipinski definition) is 7. The van der Waals surface area contributed by atoms with Crippen LogP contribution in [0.3, 0.4) is 0 Å². The van der Waals surface area contributed by atoms with Crippen LogP contribution in [0.2, 0.25) is 0 Å². The van der Waals surface area contributed by atoms with Crippen molar-refractivity contribution in [3.8, 4) is 39.6 Å². The molecule has 0 aliphatic carbocycles. The first-order valence-electron chi connectivity index (χ1n) is 9.81. The Labute approximate surface area is 181 Å². The molecule has 0 aliphatic heterocycles. The van der Waals surface area contributed by atoms with Crippen LogP contribution < -0.4 is 19.5 Å². The van der Waals surface area contributed by atoms with Crippen LogP contribution in [0.5, 0.6) is 17.2 Å². The van der Waals surface area contributed by atoms with Crippen LogP contribution in [0.15, 0.2) is 41.1 Å². The molecule has 2 aromatic carbocycles. The fraction of sp³-hybridized carbons (Fsp3) is 0.304. The number of amides is 1. The molecule has 1 heterocycles. The second-order valence-electron chi connectivity index (χ2n) is 6.78. The second-order valence-corrected chi connectivity index (χ2v) is 6.78. The lowest BCUT2D eigenvalue weighted by atomic mass is 9.99. The van der Waals surface area contributed by atoms with Gasteiger partial charge >= 0.3 is 6.09 Å². The summed E-state index contributed by atoms with van der Waals surface area (Å²) in [5.74, 6) is 1.78. The molecule has 0 bridgehead atoms. The second kappa shape index (κ2) is 9.88. The normalized spacial score (nSPS) is 10.5. The van der Waals surface area contributed by atoms with Gasteiger partial charge in [0.05, 0.1) is 33.6 Å². The van der Waals surface area contributed by atoms with Crippen LogP contribution in [0, 0.1) is 6.92 Å². The third-order valence-electron chi connectivity index (χ3n) is 4.69. The Morgan fingerprint density at radius 2 is 1.81 bits per heavy atom. The van der Waals surface area contributed by atoms with Gasteiger partial charge in [-0.3, -0.25) is 5.32 Å². The van der Waals surface area contributed by atoms with Gasteiger partial charge in [0.1, 0.15) is 17.7 Å². The summed E-state index contributed by atoms with van der Waals surface area (Å²) < 4.78 is 26.7. The van der Waals surface area contributed by atoms with Crippen LogP contribution in [-0.4, -0.2) is 39.2 Å². The van der Waals surface area contributed by atoms with E-state index in [0.717, 1.165) is 28.7 Å². The largest absolute Gasteiger partial charge is 0.495 e. The number of benzene rings is 2. The molecule has 0 radical (unpaired) electrons. The van der Waals surface area contributed by atoms with E-state index >= 15 is 0 Å². The molecule has 0 atom stereocenters. The first kappa shape index (κ1) is 22.0. The van der Waals surface area contributed by atoms with Gasteiger partial charge in [-0.25, -0.2) is 4.79 Å². The first-order valence-corrected chi connectivity index (χ1v) is 9.81. The summed E-state index contributed by atoms with van der Waals surface area (Å²) in [6.45, 7) is 4.20. The summed E-state index contributed by atoms with van der Waals surface area (Å²) in [5, 5.41) is 6.92. The number of carbonyl (C=O) groups is 1. The topological polar surface area (TPSA) is 92.1 Å². The fourth-order valence-corrected chi connectivity index (χ4v) is 3.26. The Balaban J connectivity index is 2.01. The molecule has 0 aliphatic rings. The molecule has 0 fully saturated rings. The predicted octanol–water partition coefficient (Wildman–Crippen LogP) is 5.30. The van der Waals surface area contributed by atoms with E-state index in [1.165, 1.54) is 7.11 Å². The van der Waals surface area contributed by atoms with E-state index in [9.17, 15) is 4.79 Å². The lowest BCUT2D eigenvalue weighted by molar-refractivity contribution is 0.161. The molecule has 164 valence electrons. The molecule has 1 N–H and O–H groups in total. The summed E-state index contributed by atoms with van der Waals surface area (Å²) >= 11 is 0. The molecule has 8 nitrogen and oxygen atoms in total. The predicted molar refractivity (Wildman–Crippen MR) is 117 cm³/mol. The average Bonchev–Trinajstić information content (AvgIpc) is 3.27. The van der Waals surface area contributed by atoms with Crippen molar-refractivity contribution in [2.45, 2.75) is 20.3 Å². The molecule has 3 rings (SSSR count). The van der Waals surface area contributed by atoms with Gasteiger partial charge in [-0.2, -0.15) is 0 Å². The van der Waals surface area contributed by atoms with E-state index in [1.807, 2.05) is 32.0 Å². The quantitative estimate of drug-likeness (QED) is 0.522. The molecule has 0 spiro atoms. The number of nitrogens with one attached hydrogen (secondary N) is 1. The minimum atomic E-state index is -0.543. The number of nitrogens with zero attached hydrogens (tertiary/aromatic N) is 1. The molecular formula is C23H26N2O6. The van der Waals surface area contributed by atoms with Crippen LogP contribution in [0.25, 0.3) is 22.4 Å². The van der Waals surface area contributed by atoms with Gasteiger partial charge in [0.25, 0.3) is 0 Å². The van der Waals surface area contributed by atoms with Crippen LogP contribution >= 0.6 is 0 Å². The minimum absolute atomic E-state index is 0.336. The molecule has 1 amide bonds. The number of carbonyl (C=O) groups excluding carboxylic acids is 1. The number of rotatable bonds is 8. The van der Waals surface area contributed by atoms with Crippen molar-refractivity contribution in [1.29, 1.82) is 0 Å². The summed E-state index contributed by atoms with van der Waals surface area (Å²) in [7, 11) is 4.72. The van der Waals surface area contributed by atoms with Crippen LogP contribution in [0.1, 0.15) is 18.9 Å². The maximum atomic E-state index is 12.0. The van der Waals surface area contributed by atoms with Crippen molar-refractivity contribution in [2.75, 3.05) is 33.3 Å². The molecule has 0 unspecified atom stereocenters. The van der Waals surface area contributed by atoms with Crippen molar-refractivity contribution in [3.05, 3.63) is 42.2 Å². The number of ether oxygens (including phenoxy) is 4. The Hall–Kier alpha value is -3.68. The van der Waals surface area contributed by atoms with Crippen molar-refractivity contribution in [2.24, 2.45) is 0 Å². The van der Waals surface area contributed by atoms with Gasteiger partial charge in [0.2, 0.25) is 0 Å². The Morgan fingerprint density at radius 3 is 2.48 bits per heavy atom. The van der Waals surface area contributed by atoms with Gasteiger partial charge < -0.3 is 23.5 Å². The highest BCUT2D eigenvalue weighted by Crippen LogP contribution is 2.40. The van der Waals surface area contributed by atoms with Gasteiger partial charge in [0.15, 0.2) is 11.5 Å². The SMILES string of the molecule is CCCOC(=O)Nc1cc(-c2conc2-c2cc(C)c(OC)c(OC)c2)ccc1OC. The van der Waals surface area contributed by atoms with E-state index in [2.05, 4.69) is 10.5 Å². The van der Waals surface area contributed by atoms with Crippen LogP contribution in [-0.2, 0) is 4.74 Å². The first-order chi connectivity index (χ1) is 15.0. The minimum Gasteiger partial charge on any atom is -0.495 e. The lowest BCUT2D eigenvalue weighted by Gasteiger charge is -2.13. The zero-order chi connectivity index (χ0) is 22.4. The molecule has 1 aromatic heterocycles. The average molecular weight is 426 g/mol. The number of aryl methyl sites for hydroxylation is 1. The number of aromatic nitrogens is 1. The third kappa shape index (κ3) is 4.74. The smallest absolute Gasteiger partial charge is 0.411 e. The van der Waals surface area contributed by atoms with E-state index in [-0.39, 0.29) is 0 Å².